The fourth-order valence-electron chi connectivity index (χ4n) is 1.43. The summed E-state index contributed by atoms with van der Waals surface area (Å²) >= 11 is 2.85. The zero-order valence-corrected chi connectivity index (χ0v) is 10.4. The number of nitrogens with zero attached hydrogens (tertiary/aromatic N) is 1. The molecule has 0 atom stereocenters. The molecule has 2 aromatic heterocycles. The molecule has 0 aliphatic heterocycles. The molecule has 0 aliphatic carbocycles. The average molecular weight is 253 g/mol. The van der Waals surface area contributed by atoms with Crippen LogP contribution in [0.3, 0.4) is 0 Å². The van der Waals surface area contributed by atoms with Crippen molar-refractivity contribution in [2.45, 2.75) is 19.8 Å². The van der Waals surface area contributed by atoms with Crippen LogP contribution >= 0.6 is 22.7 Å². The van der Waals surface area contributed by atoms with Crippen molar-refractivity contribution < 1.29 is 9.90 Å². The lowest BCUT2D eigenvalue weighted by molar-refractivity contribution is 0.0700. The van der Waals surface area contributed by atoms with E-state index in [1.807, 2.05) is 23.8 Å². The molecule has 0 saturated heterocycles. The van der Waals surface area contributed by atoms with Crippen LogP contribution in [0.15, 0.2) is 16.8 Å². The molecule has 0 amide bonds. The molecule has 0 unspecified atom stereocenters. The van der Waals surface area contributed by atoms with Gasteiger partial charge in [-0.2, -0.15) is 11.3 Å². The number of carboxylic acids is 1. The van der Waals surface area contributed by atoms with E-state index in [1.165, 1.54) is 11.3 Å². The molecule has 0 aromatic carbocycles. The first-order valence-electron chi connectivity index (χ1n) is 4.98. The maximum atomic E-state index is 11.1. The van der Waals surface area contributed by atoms with Crippen molar-refractivity contribution in [3.05, 3.63) is 27.4 Å². The number of thiophene rings is 1. The van der Waals surface area contributed by atoms with Gasteiger partial charge in [-0.3, -0.25) is 0 Å². The average Bonchev–Trinajstić information content (AvgIpc) is 2.83. The van der Waals surface area contributed by atoms with Crippen molar-refractivity contribution in [2.24, 2.45) is 0 Å². The third-order valence-corrected chi connectivity index (χ3v) is 3.96. The lowest BCUT2D eigenvalue weighted by atomic mass is 10.2. The van der Waals surface area contributed by atoms with Gasteiger partial charge in [-0.1, -0.05) is 13.3 Å². The van der Waals surface area contributed by atoms with Gasteiger partial charge in [0.15, 0.2) is 0 Å². The van der Waals surface area contributed by atoms with Crippen molar-refractivity contribution in [1.82, 2.24) is 4.98 Å². The Morgan fingerprint density at radius 1 is 1.56 bits per heavy atom. The van der Waals surface area contributed by atoms with Crippen molar-refractivity contribution in [3.63, 3.8) is 0 Å². The summed E-state index contributed by atoms with van der Waals surface area (Å²) in [6, 6.07) is 1.96. The minimum Gasteiger partial charge on any atom is -0.477 e. The van der Waals surface area contributed by atoms with Gasteiger partial charge in [-0.05, 0) is 17.9 Å². The molecule has 5 heteroatoms. The van der Waals surface area contributed by atoms with E-state index in [-0.39, 0.29) is 0 Å². The molecule has 0 saturated carbocycles. The lowest BCUT2D eigenvalue weighted by Gasteiger charge is -1.93. The standard InChI is InChI=1S/C11H11NO2S2/c1-2-3-8-9(11(13)14)16-10(12-8)7-4-5-15-6-7/h4-6H,2-3H2,1H3,(H,13,14). The number of rotatable bonds is 4. The highest BCUT2D eigenvalue weighted by atomic mass is 32.1. The molecule has 0 aliphatic rings. The largest absolute Gasteiger partial charge is 0.477 e. The highest BCUT2D eigenvalue weighted by molar-refractivity contribution is 7.17. The van der Waals surface area contributed by atoms with Gasteiger partial charge in [-0.25, -0.2) is 9.78 Å². The number of thiazole rings is 1. The SMILES string of the molecule is CCCc1nc(-c2ccsc2)sc1C(=O)O. The predicted octanol–water partition coefficient (Wildman–Crippen LogP) is 3.52. The highest BCUT2D eigenvalue weighted by Gasteiger charge is 2.17. The van der Waals surface area contributed by atoms with E-state index >= 15 is 0 Å². The van der Waals surface area contributed by atoms with Crippen molar-refractivity contribution >= 4 is 28.6 Å². The third-order valence-electron chi connectivity index (χ3n) is 2.15. The summed E-state index contributed by atoms with van der Waals surface area (Å²) in [7, 11) is 0. The Hall–Kier alpha value is -1.20. The fraction of sp³-hybridized carbons (Fsp3) is 0.273. The number of aromatic carboxylic acids is 1. The van der Waals surface area contributed by atoms with Crippen LogP contribution < -0.4 is 0 Å². The second-order valence-electron chi connectivity index (χ2n) is 3.36. The zero-order chi connectivity index (χ0) is 11.5. The molecule has 2 rings (SSSR count). The van der Waals surface area contributed by atoms with Gasteiger partial charge in [0, 0.05) is 10.9 Å². The molecule has 0 radical (unpaired) electrons. The summed E-state index contributed by atoms with van der Waals surface area (Å²) < 4.78 is 0. The summed E-state index contributed by atoms with van der Waals surface area (Å²) in [6.45, 7) is 2.02. The van der Waals surface area contributed by atoms with Crippen molar-refractivity contribution in [3.8, 4) is 10.6 Å². The number of aryl methyl sites for hydroxylation is 1. The predicted molar refractivity (Wildman–Crippen MR) is 66.4 cm³/mol. The van der Waals surface area contributed by atoms with E-state index in [4.69, 9.17) is 5.11 Å². The first-order valence-corrected chi connectivity index (χ1v) is 6.74. The molecule has 2 aromatic rings. The van der Waals surface area contributed by atoms with E-state index in [1.54, 1.807) is 11.3 Å². The normalized spacial score (nSPS) is 10.6. The molecule has 16 heavy (non-hydrogen) atoms. The van der Waals surface area contributed by atoms with E-state index < -0.39 is 5.97 Å². The smallest absolute Gasteiger partial charge is 0.347 e. The van der Waals surface area contributed by atoms with Gasteiger partial charge in [0.05, 0.1) is 5.69 Å². The molecule has 2 heterocycles. The summed E-state index contributed by atoms with van der Waals surface area (Å²) in [5, 5.41) is 13.8. The lowest BCUT2D eigenvalue weighted by Crippen LogP contribution is -1.98. The Morgan fingerprint density at radius 2 is 2.38 bits per heavy atom. The molecule has 84 valence electrons. The first kappa shape index (κ1) is 11.3. The van der Waals surface area contributed by atoms with Crippen LogP contribution in [0.25, 0.3) is 10.6 Å². The van der Waals surface area contributed by atoms with Crippen LogP contribution in [0.1, 0.15) is 28.7 Å². The molecule has 3 nitrogen and oxygen atoms in total. The van der Waals surface area contributed by atoms with E-state index in [0.29, 0.717) is 10.6 Å². The molecular weight excluding hydrogens is 242 g/mol. The van der Waals surface area contributed by atoms with Crippen LogP contribution in [0.2, 0.25) is 0 Å². The minimum atomic E-state index is -0.873. The molecule has 0 fully saturated rings. The zero-order valence-electron chi connectivity index (χ0n) is 8.77. The highest BCUT2D eigenvalue weighted by Crippen LogP contribution is 2.30. The fourth-order valence-corrected chi connectivity index (χ4v) is 3.10. The van der Waals surface area contributed by atoms with Crippen LogP contribution in [-0.2, 0) is 6.42 Å². The summed E-state index contributed by atoms with van der Waals surface area (Å²) in [4.78, 5) is 15.8. The number of aromatic nitrogens is 1. The third kappa shape index (κ3) is 2.15. The number of hydrogen-bond donors (Lipinski definition) is 1. The van der Waals surface area contributed by atoms with Crippen LogP contribution in [0, 0.1) is 0 Å². The van der Waals surface area contributed by atoms with Gasteiger partial charge in [-0.15, -0.1) is 11.3 Å². The monoisotopic (exact) mass is 253 g/mol. The Bertz CT molecular complexity index is 488. The van der Waals surface area contributed by atoms with Crippen LogP contribution in [0.5, 0.6) is 0 Å². The minimum absolute atomic E-state index is 0.378. The van der Waals surface area contributed by atoms with Crippen LogP contribution in [0.4, 0.5) is 0 Å². The summed E-state index contributed by atoms with van der Waals surface area (Å²) in [6.07, 6.45) is 1.63. The Kier molecular flexibility index (Phi) is 3.36. The first-order chi connectivity index (χ1) is 7.72. The Balaban J connectivity index is 2.42. The van der Waals surface area contributed by atoms with Gasteiger partial charge in [0.25, 0.3) is 0 Å². The van der Waals surface area contributed by atoms with Crippen molar-refractivity contribution in [2.75, 3.05) is 0 Å². The van der Waals surface area contributed by atoms with E-state index in [2.05, 4.69) is 4.98 Å². The van der Waals surface area contributed by atoms with E-state index in [0.717, 1.165) is 23.4 Å². The number of hydrogen-bond acceptors (Lipinski definition) is 4. The van der Waals surface area contributed by atoms with Crippen molar-refractivity contribution in [1.29, 1.82) is 0 Å². The second-order valence-corrected chi connectivity index (χ2v) is 5.14. The maximum Gasteiger partial charge on any atom is 0.347 e. The quantitative estimate of drug-likeness (QED) is 0.907. The maximum absolute atomic E-state index is 11.1. The molecule has 1 N–H and O–H groups in total. The molecule has 0 bridgehead atoms. The Labute approximate surface area is 101 Å². The van der Waals surface area contributed by atoms with Crippen LogP contribution in [-0.4, -0.2) is 16.1 Å². The molecule has 0 spiro atoms. The Morgan fingerprint density at radius 3 is 2.94 bits per heavy atom. The van der Waals surface area contributed by atoms with E-state index in [9.17, 15) is 4.79 Å². The number of carboxylic acid groups (broad SMARTS) is 1. The summed E-state index contributed by atoms with van der Waals surface area (Å²) in [5.74, 6) is -0.873. The summed E-state index contributed by atoms with van der Waals surface area (Å²) in [5.41, 5.74) is 1.72. The number of carbonyl (C=O) groups is 1. The second kappa shape index (κ2) is 4.76. The van der Waals surface area contributed by atoms with Gasteiger partial charge in [0.1, 0.15) is 9.88 Å². The van der Waals surface area contributed by atoms with Gasteiger partial charge in [0.2, 0.25) is 0 Å². The van der Waals surface area contributed by atoms with Gasteiger partial charge < -0.3 is 5.11 Å². The molecular formula is C11H11NO2S2. The topological polar surface area (TPSA) is 50.2 Å². The van der Waals surface area contributed by atoms with Gasteiger partial charge >= 0.3 is 5.97 Å².